The van der Waals surface area contributed by atoms with E-state index in [0.717, 1.165) is 28.1 Å². The van der Waals surface area contributed by atoms with Crippen LogP contribution in [0.5, 0.6) is 5.75 Å². The molecule has 0 amide bonds. The highest BCUT2D eigenvalue weighted by molar-refractivity contribution is 9.10. The van der Waals surface area contributed by atoms with Crippen molar-refractivity contribution in [3.05, 3.63) is 22.9 Å². The van der Waals surface area contributed by atoms with Gasteiger partial charge in [-0.25, -0.2) is 4.98 Å². The minimum atomic E-state index is 0.583. The third kappa shape index (κ3) is 1.94. The van der Waals surface area contributed by atoms with Crippen LogP contribution in [0.15, 0.2) is 22.9 Å². The molecular formula is C12H15BrN2O. The van der Waals surface area contributed by atoms with Gasteiger partial charge in [-0.2, -0.15) is 0 Å². The molecule has 4 heteroatoms. The molecule has 3 nitrogen and oxygen atoms in total. The molecule has 0 radical (unpaired) electrons. The molecule has 0 spiro atoms. The topological polar surface area (TPSA) is 27.1 Å². The van der Waals surface area contributed by atoms with E-state index in [1.54, 1.807) is 7.11 Å². The number of imidazole rings is 1. The molecule has 0 saturated heterocycles. The smallest absolute Gasteiger partial charge is 0.178 e. The van der Waals surface area contributed by atoms with Gasteiger partial charge in [-0.1, -0.05) is 19.9 Å². The lowest BCUT2D eigenvalue weighted by atomic mass is 10.2. The fourth-order valence-electron chi connectivity index (χ4n) is 1.80. The number of aromatic nitrogens is 2. The summed E-state index contributed by atoms with van der Waals surface area (Å²) in [5.74, 6) is 1.40. The number of benzene rings is 1. The first-order valence-electron chi connectivity index (χ1n) is 5.32. The van der Waals surface area contributed by atoms with Gasteiger partial charge in [0.25, 0.3) is 0 Å². The minimum absolute atomic E-state index is 0.583. The molecule has 0 atom stereocenters. The zero-order valence-electron chi connectivity index (χ0n) is 9.70. The van der Waals surface area contributed by atoms with Gasteiger partial charge in [0.05, 0.1) is 12.6 Å². The zero-order chi connectivity index (χ0) is 11.7. The molecule has 0 aliphatic rings. The van der Waals surface area contributed by atoms with Gasteiger partial charge in [-0.15, -0.1) is 0 Å². The summed E-state index contributed by atoms with van der Waals surface area (Å²) in [6.45, 7) is 5.33. The Morgan fingerprint density at radius 1 is 1.44 bits per heavy atom. The van der Waals surface area contributed by atoms with Crippen molar-refractivity contribution in [1.82, 2.24) is 9.55 Å². The van der Waals surface area contributed by atoms with Crippen molar-refractivity contribution in [1.29, 1.82) is 0 Å². The molecule has 0 unspecified atom stereocenters. The Labute approximate surface area is 104 Å². The average Bonchev–Trinajstić information content (AvgIpc) is 2.55. The largest absolute Gasteiger partial charge is 0.494 e. The molecule has 86 valence electrons. The molecule has 2 rings (SSSR count). The second kappa shape index (κ2) is 4.45. The molecule has 0 fully saturated rings. The van der Waals surface area contributed by atoms with E-state index in [-0.39, 0.29) is 0 Å². The highest BCUT2D eigenvalue weighted by Crippen LogP contribution is 2.28. The number of nitrogens with zero attached hydrogens (tertiary/aromatic N) is 2. The van der Waals surface area contributed by atoms with Gasteiger partial charge in [-0.3, -0.25) is 0 Å². The van der Waals surface area contributed by atoms with Gasteiger partial charge >= 0.3 is 0 Å². The first kappa shape index (κ1) is 11.5. The van der Waals surface area contributed by atoms with Crippen LogP contribution in [0.1, 0.15) is 13.8 Å². The quantitative estimate of drug-likeness (QED) is 0.862. The van der Waals surface area contributed by atoms with E-state index in [0.29, 0.717) is 5.92 Å². The molecular weight excluding hydrogens is 268 g/mol. The summed E-state index contributed by atoms with van der Waals surface area (Å²) in [5.41, 5.74) is 2.03. The number of para-hydroxylation sites is 1. The van der Waals surface area contributed by atoms with E-state index in [2.05, 4.69) is 45.4 Å². The predicted molar refractivity (Wildman–Crippen MR) is 68.8 cm³/mol. The summed E-state index contributed by atoms with van der Waals surface area (Å²) in [6.07, 6.45) is 0. The monoisotopic (exact) mass is 282 g/mol. The summed E-state index contributed by atoms with van der Waals surface area (Å²) < 4.78 is 8.34. The maximum absolute atomic E-state index is 5.30. The number of hydrogen-bond acceptors (Lipinski definition) is 2. The maximum Gasteiger partial charge on any atom is 0.178 e. The Hall–Kier alpha value is -1.03. The van der Waals surface area contributed by atoms with Gasteiger partial charge < -0.3 is 9.30 Å². The van der Waals surface area contributed by atoms with Gasteiger partial charge in [0.2, 0.25) is 0 Å². The fourth-order valence-corrected chi connectivity index (χ4v) is 2.31. The number of ether oxygens (including phenoxy) is 1. The fraction of sp³-hybridized carbons (Fsp3) is 0.417. The summed E-state index contributed by atoms with van der Waals surface area (Å²) in [7, 11) is 1.67. The Morgan fingerprint density at radius 3 is 2.81 bits per heavy atom. The van der Waals surface area contributed by atoms with Crippen molar-refractivity contribution in [2.45, 2.75) is 20.4 Å². The molecule has 1 aromatic carbocycles. The van der Waals surface area contributed by atoms with Crippen LogP contribution in [0.3, 0.4) is 0 Å². The first-order valence-corrected chi connectivity index (χ1v) is 6.11. The molecule has 2 aromatic rings. The number of fused-ring (bicyclic) bond motifs is 1. The van der Waals surface area contributed by atoms with Crippen molar-refractivity contribution in [3.63, 3.8) is 0 Å². The lowest BCUT2D eigenvalue weighted by Crippen LogP contribution is -2.04. The van der Waals surface area contributed by atoms with Crippen molar-refractivity contribution in [3.8, 4) is 5.75 Å². The molecule has 0 aliphatic heterocycles. The second-order valence-electron chi connectivity index (χ2n) is 4.21. The lowest BCUT2D eigenvalue weighted by Gasteiger charge is -2.08. The lowest BCUT2D eigenvalue weighted by molar-refractivity contribution is 0.419. The van der Waals surface area contributed by atoms with Crippen molar-refractivity contribution in [2.24, 2.45) is 5.92 Å². The number of halogens is 1. The van der Waals surface area contributed by atoms with Gasteiger partial charge in [-0.05, 0) is 34.0 Å². The predicted octanol–water partition coefficient (Wildman–Crippen LogP) is 3.46. The van der Waals surface area contributed by atoms with E-state index in [4.69, 9.17) is 4.74 Å². The Bertz CT molecular complexity index is 505. The van der Waals surface area contributed by atoms with Crippen LogP contribution in [-0.2, 0) is 6.54 Å². The molecule has 1 aromatic heterocycles. The third-order valence-corrected chi connectivity index (χ3v) is 3.07. The molecule has 0 saturated carbocycles. The van der Waals surface area contributed by atoms with E-state index >= 15 is 0 Å². The Morgan fingerprint density at radius 2 is 2.19 bits per heavy atom. The highest BCUT2D eigenvalue weighted by Gasteiger charge is 2.12. The normalized spacial score (nSPS) is 11.3. The molecule has 1 heterocycles. The number of hydrogen-bond donors (Lipinski definition) is 0. The second-order valence-corrected chi connectivity index (χ2v) is 4.92. The van der Waals surface area contributed by atoms with Crippen LogP contribution in [0.2, 0.25) is 0 Å². The standard InChI is InChI=1S/C12H15BrN2O/c1-8(2)7-15-9-5-4-6-10(16-3)11(9)14-12(15)13/h4-6,8H,7H2,1-3H3. The van der Waals surface area contributed by atoms with Crippen LogP contribution in [0.25, 0.3) is 11.0 Å². The SMILES string of the molecule is COc1cccc2c1nc(Br)n2CC(C)C. The van der Waals surface area contributed by atoms with Crippen LogP contribution >= 0.6 is 15.9 Å². The average molecular weight is 283 g/mol. The molecule has 0 N–H and O–H groups in total. The van der Waals surface area contributed by atoms with E-state index in [9.17, 15) is 0 Å². The van der Waals surface area contributed by atoms with E-state index in [1.165, 1.54) is 0 Å². The van der Waals surface area contributed by atoms with Crippen molar-refractivity contribution >= 4 is 27.0 Å². The van der Waals surface area contributed by atoms with Crippen LogP contribution in [0, 0.1) is 5.92 Å². The van der Waals surface area contributed by atoms with Crippen LogP contribution in [-0.4, -0.2) is 16.7 Å². The zero-order valence-corrected chi connectivity index (χ0v) is 11.3. The summed E-state index contributed by atoms with van der Waals surface area (Å²) in [5, 5.41) is 0. The number of rotatable bonds is 3. The first-order chi connectivity index (χ1) is 7.63. The van der Waals surface area contributed by atoms with E-state index in [1.807, 2.05) is 12.1 Å². The van der Waals surface area contributed by atoms with Gasteiger partial charge in [0, 0.05) is 6.54 Å². The van der Waals surface area contributed by atoms with Gasteiger partial charge in [0.1, 0.15) is 11.3 Å². The third-order valence-electron chi connectivity index (χ3n) is 2.46. The van der Waals surface area contributed by atoms with Crippen molar-refractivity contribution in [2.75, 3.05) is 7.11 Å². The minimum Gasteiger partial charge on any atom is -0.494 e. The highest BCUT2D eigenvalue weighted by atomic mass is 79.9. The molecule has 16 heavy (non-hydrogen) atoms. The molecule has 0 bridgehead atoms. The van der Waals surface area contributed by atoms with E-state index < -0.39 is 0 Å². The van der Waals surface area contributed by atoms with Crippen LogP contribution in [0.4, 0.5) is 0 Å². The van der Waals surface area contributed by atoms with Gasteiger partial charge in [0.15, 0.2) is 4.73 Å². The summed E-state index contributed by atoms with van der Waals surface area (Å²) in [4.78, 5) is 4.49. The Kier molecular flexibility index (Phi) is 3.19. The Balaban J connectivity index is 2.61. The maximum atomic E-state index is 5.30. The number of methoxy groups -OCH3 is 1. The summed E-state index contributed by atoms with van der Waals surface area (Å²) in [6, 6.07) is 5.99. The molecule has 0 aliphatic carbocycles. The van der Waals surface area contributed by atoms with Crippen LogP contribution < -0.4 is 4.74 Å². The van der Waals surface area contributed by atoms with Crippen molar-refractivity contribution < 1.29 is 4.74 Å². The summed E-state index contributed by atoms with van der Waals surface area (Å²) >= 11 is 3.50.